The van der Waals surface area contributed by atoms with E-state index in [1.165, 1.54) is 0 Å². The third-order valence-corrected chi connectivity index (χ3v) is 2.04. The maximum Gasteiger partial charge on any atom is 0.188 e. The molecule has 4 nitrogen and oxygen atoms in total. The number of aliphatic imine (C=N–C) groups is 1. The highest BCUT2D eigenvalue weighted by atomic mass is 16.3. The minimum absolute atomic E-state index is 0.309. The van der Waals surface area contributed by atoms with E-state index in [1.54, 1.807) is 13.3 Å². The molecular weight excluding hydrogens is 178 g/mol. The summed E-state index contributed by atoms with van der Waals surface area (Å²) in [7, 11) is 1.67. The molecule has 3 N–H and O–H groups in total. The van der Waals surface area contributed by atoms with Crippen molar-refractivity contribution < 1.29 is 4.42 Å². The van der Waals surface area contributed by atoms with Crippen molar-refractivity contribution in [2.24, 2.45) is 10.7 Å². The molecule has 0 saturated heterocycles. The van der Waals surface area contributed by atoms with E-state index in [2.05, 4.69) is 17.2 Å². The predicted octanol–water partition coefficient (Wildman–Crippen LogP) is 1.13. The van der Waals surface area contributed by atoms with Crippen molar-refractivity contribution in [2.45, 2.75) is 25.8 Å². The number of guanidine groups is 1. The Balaban J connectivity index is 2.25. The van der Waals surface area contributed by atoms with Crippen molar-refractivity contribution in [3.63, 3.8) is 0 Å². The van der Waals surface area contributed by atoms with Crippen LogP contribution in [-0.2, 0) is 6.42 Å². The Bertz CT molecular complexity index is 280. The molecule has 0 saturated carbocycles. The summed E-state index contributed by atoms with van der Waals surface area (Å²) in [5, 5.41) is 3.08. The van der Waals surface area contributed by atoms with Gasteiger partial charge in [0.25, 0.3) is 0 Å². The van der Waals surface area contributed by atoms with Gasteiger partial charge in [0.1, 0.15) is 5.76 Å². The zero-order chi connectivity index (χ0) is 10.4. The normalized spacial score (nSPS) is 14.0. The fraction of sp³-hybridized carbons (Fsp3) is 0.500. The number of hydrogen-bond donors (Lipinski definition) is 2. The second-order valence-electron chi connectivity index (χ2n) is 3.27. The summed E-state index contributed by atoms with van der Waals surface area (Å²) in [5.41, 5.74) is 5.54. The molecule has 1 unspecified atom stereocenters. The van der Waals surface area contributed by atoms with Gasteiger partial charge in [-0.3, -0.25) is 4.99 Å². The van der Waals surface area contributed by atoms with E-state index in [0.717, 1.165) is 18.6 Å². The van der Waals surface area contributed by atoms with E-state index >= 15 is 0 Å². The average Bonchev–Trinajstić information content (AvgIpc) is 2.67. The van der Waals surface area contributed by atoms with Gasteiger partial charge in [0.2, 0.25) is 0 Å². The molecule has 14 heavy (non-hydrogen) atoms. The fourth-order valence-corrected chi connectivity index (χ4v) is 1.20. The molecule has 0 aliphatic carbocycles. The summed E-state index contributed by atoms with van der Waals surface area (Å²) in [4.78, 5) is 3.83. The highest BCUT2D eigenvalue weighted by molar-refractivity contribution is 5.77. The monoisotopic (exact) mass is 195 g/mol. The lowest BCUT2D eigenvalue weighted by atomic mass is 10.1. The first-order chi connectivity index (χ1) is 6.72. The molecule has 1 rings (SSSR count). The fourth-order valence-electron chi connectivity index (χ4n) is 1.20. The molecular formula is C10H17N3O. The van der Waals surface area contributed by atoms with E-state index in [1.807, 2.05) is 12.1 Å². The van der Waals surface area contributed by atoms with Crippen molar-refractivity contribution in [2.75, 3.05) is 7.05 Å². The summed E-state index contributed by atoms with van der Waals surface area (Å²) in [5.74, 6) is 1.49. The summed E-state index contributed by atoms with van der Waals surface area (Å²) >= 11 is 0. The van der Waals surface area contributed by atoms with E-state index < -0.39 is 0 Å². The largest absolute Gasteiger partial charge is 0.469 e. The second-order valence-corrected chi connectivity index (χ2v) is 3.27. The van der Waals surface area contributed by atoms with Gasteiger partial charge in [-0.1, -0.05) is 0 Å². The van der Waals surface area contributed by atoms with E-state index in [4.69, 9.17) is 10.2 Å². The molecule has 1 atom stereocenters. The van der Waals surface area contributed by atoms with Crippen LogP contribution < -0.4 is 11.1 Å². The molecule has 0 amide bonds. The molecule has 0 aliphatic rings. The first-order valence-corrected chi connectivity index (χ1v) is 4.73. The van der Waals surface area contributed by atoms with E-state index in [-0.39, 0.29) is 0 Å². The summed E-state index contributed by atoms with van der Waals surface area (Å²) in [6.45, 7) is 2.07. The van der Waals surface area contributed by atoms with Gasteiger partial charge in [-0.05, 0) is 25.5 Å². The zero-order valence-electron chi connectivity index (χ0n) is 8.66. The van der Waals surface area contributed by atoms with Crippen LogP contribution in [0.5, 0.6) is 0 Å². The van der Waals surface area contributed by atoms with Crippen molar-refractivity contribution in [1.82, 2.24) is 5.32 Å². The Morgan fingerprint density at radius 1 is 1.71 bits per heavy atom. The molecule has 0 radical (unpaired) electrons. The van der Waals surface area contributed by atoms with Gasteiger partial charge in [0, 0.05) is 19.5 Å². The lowest BCUT2D eigenvalue weighted by molar-refractivity contribution is 0.482. The number of rotatable bonds is 4. The number of hydrogen-bond acceptors (Lipinski definition) is 2. The third kappa shape index (κ3) is 3.51. The molecule has 0 aliphatic heterocycles. The highest BCUT2D eigenvalue weighted by Gasteiger charge is 2.03. The lowest BCUT2D eigenvalue weighted by Gasteiger charge is -2.12. The maximum atomic E-state index is 5.54. The van der Waals surface area contributed by atoms with Gasteiger partial charge in [-0.2, -0.15) is 0 Å². The molecule has 1 aromatic rings. The van der Waals surface area contributed by atoms with Crippen LogP contribution in [0.15, 0.2) is 27.8 Å². The van der Waals surface area contributed by atoms with Gasteiger partial charge in [-0.15, -0.1) is 0 Å². The molecule has 4 heteroatoms. The smallest absolute Gasteiger partial charge is 0.188 e. The van der Waals surface area contributed by atoms with Gasteiger partial charge in [0.05, 0.1) is 6.26 Å². The van der Waals surface area contributed by atoms with Crippen molar-refractivity contribution in [3.05, 3.63) is 24.2 Å². The van der Waals surface area contributed by atoms with Crippen LogP contribution in [0.4, 0.5) is 0 Å². The van der Waals surface area contributed by atoms with Crippen LogP contribution in [0.2, 0.25) is 0 Å². The van der Waals surface area contributed by atoms with Crippen LogP contribution in [0, 0.1) is 0 Å². The summed E-state index contributed by atoms with van der Waals surface area (Å²) < 4.78 is 5.23. The first kappa shape index (κ1) is 10.6. The van der Waals surface area contributed by atoms with Crippen molar-refractivity contribution in [1.29, 1.82) is 0 Å². The second kappa shape index (κ2) is 5.32. The average molecular weight is 195 g/mol. The van der Waals surface area contributed by atoms with E-state index in [9.17, 15) is 0 Å². The number of nitrogens with one attached hydrogen (secondary N) is 1. The molecule has 0 bridgehead atoms. The third-order valence-electron chi connectivity index (χ3n) is 2.04. The molecule has 1 aromatic heterocycles. The van der Waals surface area contributed by atoms with Gasteiger partial charge in [-0.25, -0.2) is 0 Å². The Morgan fingerprint density at radius 2 is 2.50 bits per heavy atom. The Morgan fingerprint density at radius 3 is 3.07 bits per heavy atom. The van der Waals surface area contributed by atoms with Gasteiger partial charge >= 0.3 is 0 Å². The van der Waals surface area contributed by atoms with E-state index in [0.29, 0.717) is 12.0 Å². The SMILES string of the molecule is CN=C(N)NC(C)CCc1ccco1. The first-order valence-electron chi connectivity index (χ1n) is 4.73. The minimum atomic E-state index is 0.309. The number of aryl methyl sites for hydroxylation is 1. The van der Waals surface area contributed by atoms with Crippen molar-refractivity contribution >= 4 is 5.96 Å². The predicted molar refractivity (Wildman–Crippen MR) is 57.2 cm³/mol. The maximum absolute atomic E-state index is 5.54. The molecule has 0 fully saturated rings. The van der Waals surface area contributed by atoms with Crippen molar-refractivity contribution in [3.8, 4) is 0 Å². The van der Waals surface area contributed by atoms with Crippen LogP contribution in [0.1, 0.15) is 19.1 Å². The topological polar surface area (TPSA) is 63.5 Å². The standard InChI is InChI=1S/C10H17N3O/c1-8(13-10(11)12-2)5-6-9-4-3-7-14-9/h3-4,7-8H,5-6H2,1-2H3,(H3,11,12,13). The quantitative estimate of drug-likeness (QED) is 0.559. The zero-order valence-corrected chi connectivity index (χ0v) is 8.66. The Labute approximate surface area is 84.2 Å². The molecule has 0 aromatic carbocycles. The minimum Gasteiger partial charge on any atom is -0.469 e. The van der Waals surface area contributed by atoms with Crippen LogP contribution in [0.3, 0.4) is 0 Å². The van der Waals surface area contributed by atoms with Gasteiger partial charge < -0.3 is 15.5 Å². The molecule has 1 heterocycles. The summed E-state index contributed by atoms with van der Waals surface area (Å²) in [6.07, 6.45) is 3.58. The van der Waals surface area contributed by atoms with Crippen LogP contribution in [-0.4, -0.2) is 19.0 Å². The van der Waals surface area contributed by atoms with Crippen LogP contribution >= 0.6 is 0 Å². The number of nitrogens with two attached hydrogens (primary N) is 1. The highest BCUT2D eigenvalue weighted by Crippen LogP contribution is 2.05. The Hall–Kier alpha value is -1.45. The Kier molecular flexibility index (Phi) is 4.04. The molecule has 0 spiro atoms. The number of furan rings is 1. The van der Waals surface area contributed by atoms with Gasteiger partial charge in [0.15, 0.2) is 5.96 Å². The lowest BCUT2D eigenvalue weighted by Crippen LogP contribution is -2.38. The molecule has 78 valence electrons. The number of nitrogens with zero attached hydrogens (tertiary/aromatic N) is 1. The van der Waals surface area contributed by atoms with Crippen LogP contribution in [0.25, 0.3) is 0 Å². The summed E-state index contributed by atoms with van der Waals surface area (Å²) in [6, 6.07) is 4.18.